The number of nitro groups is 1. The van der Waals surface area contributed by atoms with Crippen molar-refractivity contribution in [3.63, 3.8) is 0 Å². The van der Waals surface area contributed by atoms with E-state index in [0.29, 0.717) is 6.42 Å². The maximum Gasteiger partial charge on any atom is 0.247 e. The highest BCUT2D eigenvalue weighted by Crippen LogP contribution is 2.13. The summed E-state index contributed by atoms with van der Waals surface area (Å²) in [5.74, 6) is 0. The summed E-state index contributed by atoms with van der Waals surface area (Å²) in [5, 5.41) is 10.4. The van der Waals surface area contributed by atoms with E-state index in [-0.39, 0.29) is 10.6 Å². The summed E-state index contributed by atoms with van der Waals surface area (Å²) in [6.45, 7) is 1.76. The number of hydrogen-bond acceptors (Lipinski definition) is 4. The predicted octanol–water partition coefficient (Wildman–Crippen LogP) is 2.17. The van der Waals surface area contributed by atoms with Gasteiger partial charge in [0.15, 0.2) is 0 Å². The molecular formula is C7H8N2O2S. The van der Waals surface area contributed by atoms with Gasteiger partial charge in [-0.3, -0.25) is 15.1 Å². The van der Waals surface area contributed by atoms with Crippen molar-refractivity contribution in [2.75, 3.05) is 0 Å². The second-order valence-corrected chi connectivity index (χ2v) is 3.07. The van der Waals surface area contributed by atoms with Crippen molar-refractivity contribution in [2.45, 2.75) is 13.3 Å². The monoisotopic (exact) mass is 184 g/mol. The Morgan fingerprint density at radius 1 is 1.92 bits per heavy atom. The van der Waals surface area contributed by atoms with Crippen LogP contribution >= 0.6 is 11.3 Å². The van der Waals surface area contributed by atoms with Crippen molar-refractivity contribution in [3.8, 4) is 0 Å². The molecule has 0 aliphatic rings. The Morgan fingerprint density at radius 2 is 2.67 bits per heavy atom. The number of allylic oxidation sites excluding steroid dienone is 1. The zero-order valence-corrected chi connectivity index (χ0v) is 7.37. The molecule has 0 aromatic carbocycles. The van der Waals surface area contributed by atoms with Crippen LogP contribution in [0.25, 0.3) is 6.08 Å². The van der Waals surface area contributed by atoms with Gasteiger partial charge in [0.25, 0.3) is 0 Å². The van der Waals surface area contributed by atoms with E-state index in [1.165, 1.54) is 11.3 Å². The van der Waals surface area contributed by atoms with Crippen LogP contribution in [0.5, 0.6) is 0 Å². The molecule has 1 rings (SSSR count). The molecule has 0 spiro atoms. The molecule has 5 heteroatoms. The van der Waals surface area contributed by atoms with Gasteiger partial charge in [-0.15, -0.1) is 11.3 Å². The minimum atomic E-state index is -0.361. The van der Waals surface area contributed by atoms with Crippen molar-refractivity contribution >= 4 is 17.4 Å². The van der Waals surface area contributed by atoms with E-state index < -0.39 is 0 Å². The van der Waals surface area contributed by atoms with E-state index in [1.807, 2.05) is 0 Å². The second kappa shape index (κ2) is 3.96. The van der Waals surface area contributed by atoms with E-state index in [4.69, 9.17) is 0 Å². The van der Waals surface area contributed by atoms with Gasteiger partial charge >= 0.3 is 0 Å². The van der Waals surface area contributed by atoms with Crippen LogP contribution in [0.4, 0.5) is 0 Å². The molecule has 1 heterocycles. The van der Waals surface area contributed by atoms with Crippen molar-refractivity contribution in [2.24, 2.45) is 0 Å². The molecule has 0 fully saturated rings. The van der Waals surface area contributed by atoms with Crippen molar-refractivity contribution < 1.29 is 4.92 Å². The normalized spacial score (nSPS) is 11.6. The Labute approximate surface area is 73.7 Å². The molecule has 0 amide bonds. The van der Waals surface area contributed by atoms with Gasteiger partial charge in [-0.05, 0) is 0 Å². The Hall–Kier alpha value is -1.23. The van der Waals surface area contributed by atoms with E-state index in [9.17, 15) is 10.1 Å². The van der Waals surface area contributed by atoms with Crippen molar-refractivity contribution in [1.82, 2.24) is 4.98 Å². The van der Waals surface area contributed by atoms with Gasteiger partial charge in [0.05, 0.1) is 15.3 Å². The number of thiazole rings is 1. The highest BCUT2D eigenvalue weighted by atomic mass is 32.1. The lowest BCUT2D eigenvalue weighted by Crippen LogP contribution is -1.95. The summed E-state index contributed by atoms with van der Waals surface area (Å²) in [6.07, 6.45) is 3.60. The van der Waals surface area contributed by atoms with E-state index in [0.717, 1.165) is 4.88 Å². The molecule has 1 aromatic rings. The lowest BCUT2D eigenvalue weighted by atomic mass is 10.3. The molecule has 0 radical (unpaired) electrons. The minimum Gasteiger partial charge on any atom is -0.259 e. The fourth-order valence-corrected chi connectivity index (χ4v) is 1.31. The Morgan fingerprint density at radius 3 is 3.08 bits per heavy atom. The SMILES string of the molecule is CC/C(=C\c1cncs1)[N+](=O)[O-]. The van der Waals surface area contributed by atoms with Gasteiger partial charge in [-0.1, -0.05) is 6.92 Å². The van der Waals surface area contributed by atoms with E-state index in [2.05, 4.69) is 4.98 Å². The first-order chi connectivity index (χ1) is 5.74. The van der Waals surface area contributed by atoms with Gasteiger partial charge in [-0.2, -0.15) is 0 Å². The first-order valence-electron chi connectivity index (χ1n) is 3.47. The smallest absolute Gasteiger partial charge is 0.247 e. The zero-order chi connectivity index (χ0) is 8.97. The first-order valence-corrected chi connectivity index (χ1v) is 4.35. The van der Waals surface area contributed by atoms with Gasteiger partial charge in [-0.25, -0.2) is 0 Å². The second-order valence-electron chi connectivity index (χ2n) is 2.15. The van der Waals surface area contributed by atoms with Gasteiger partial charge < -0.3 is 0 Å². The summed E-state index contributed by atoms with van der Waals surface area (Å²) in [7, 11) is 0. The zero-order valence-electron chi connectivity index (χ0n) is 6.56. The molecule has 1 aromatic heterocycles. The van der Waals surface area contributed by atoms with E-state index >= 15 is 0 Å². The molecule has 0 saturated carbocycles. The quantitative estimate of drug-likeness (QED) is 0.534. The topological polar surface area (TPSA) is 56.0 Å². The molecule has 0 N–H and O–H groups in total. The molecule has 0 aliphatic carbocycles. The predicted molar refractivity (Wildman–Crippen MR) is 47.4 cm³/mol. The fourth-order valence-electron chi connectivity index (χ4n) is 0.745. The van der Waals surface area contributed by atoms with Crippen LogP contribution in [0.1, 0.15) is 18.2 Å². The summed E-state index contributed by atoms with van der Waals surface area (Å²) in [5.41, 5.74) is 1.87. The lowest BCUT2D eigenvalue weighted by molar-refractivity contribution is -0.425. The van der Waals surface area contributed by atoms with Crippen LogP contribution in [0, 0.1) is 10.1 Å². The molecular weight excluding hydrogens is 176 g/mol. The highest BCUT2D eigenvalue weighted by Gasteiger charge is 2.06. The van der Waals surface area contributed by atoms with Crippen molar-refractivity contribution in [1.29, 1.82) is 0 Å². The highest BCUT2D eigenvalue weighted by molar-refractivity contribution is 7.10. The van der Waals surface area contributed by atoms with Crippen LogP contribution in [-0.4, -0.2) is 9.91 Å². The Kier molecular flexibility index (Phi) is 2.93. The summed E-state index contributed by atoms with van der Waals surface area (Å²) < 4.78 is 0. The van der Waals surface area contributed by atoms with Gasteiger partial charge in [0, 0.05) is 18.7 Å². The number of nitrogens with zero attached hydrogens (tertiary/aromatic N) is 2. The molecule has 4 nitrogen and oxygen atoms in total. The number of rotatable bonds is 3. The number of hydrogen-bond donors (Lipinski definition) is 0. The Bertz CT molecular complexity index is 292. The third kappa shape index (κ3) is 2.13. The first kappa shape index (κ1) is 8.86. The van der Waals surface area contributed by atoms with Crippen LogP contribution in [0.3, 0.4) is 0 Å². The summed E-state index contributed by atoms with van der Waals surface area (Å²) in [6, 6.07) is 0. The van der Waals surface area contributed by atoms with Crippen LogP contribution in [0.15, 0.2) is 17.4 Å². The average Bonchev–Trinajstić information content (AvgIpc) is 2.51. The largest absolute Gasteiger partial charge is 0.259 e. The van der Waals surface area contributed by atoms with Gasteiger partial charge in [0.2, 0.25) is 5.70 Å². The standard InChI is InChI=1S/C7H8N2O2S/c1-2-6(9(10)11)3-7-4-8-5-12-7/h3-5H,2H2,1H3/b6-3+. The minimum absolute atomic E-state index is 0.222. The third-order valence-corrected chi connectivity index (χ3v) is 2.08. The summed E-state index contributed by atoms with van der Waals surface area (Å²) in [4.78, 5) is 14.7. The maximum atomic E-state index is 10.4. The molecule has 0 bridgehead atoms. The lowest BCUT2D eigenvalue weighted by Gasteiger charge is -1.90. The molecule has 0 atom stereocenters. The molecule has 0 unspecified atom stereocenters. The molecule has 0 saturated heterocycles. The van der Waals surface area contributed by atoms with Crippen LogP contribution < -0.4 is 0 Å². The number of aromatic nitrogens is 1. The summed E-state index contributed by atoms with van der Waals surface area (Å²) >= 11 is 1.39. The fraction of sp³-hybridized carbons (Fsp3) is 0.286. The Balaban J connectivity index is 2.85. The third-order valence-electron chi connectivity index (χ3n) is 1.36. The maximum absolute atomic E-state index is 10.4. The van der Waals surface area contributed by atoms with Crippen molar-refractivity contribution in [3.05, 3.63) is 32.4 Å². The van der Waals surface area contributed by atoms with Crippen LogP contribution in [-0.2, 0) is 0 Å². The molecule has 64 valence electrons. The van der Waals surface area contributed by atoms with E-state index in [1.54, 1.807) is 24.7 Å². The molecule has 0 aliphatic heterocycles. The van der Waals surface area contributed by atoms with Crippen LogP contribution in [0.2, 0.25) is 0 Å². The average molecular weight is 184 g/mol. The molecule has 12 heavy (non-hydrogen) atoms. The van der Waals surface area contributed by atoms with Gasteiger partial charge in [0.1, 0.15) is 0 Å².